The first-order chi connectivity index (χ1) is 18.9. The van der Waals surface area contributed by atoms with Crippen molar-refractivity contribution in [2.24, 2.45) is 34.5 Å². The number of rotatable bonds is 5. The van der Waals surface area contributed by atoms with Gasteiger partial charge in [0, 0.05) is 37.2 Å². The Morgan fingerprint density at radius 1 is 1.07 bits per heavy atom. The Kier molecular flexibility index (Phi) is 7.39. The quantitative estimate of drug-likeness (QED) is 0.433. The van der Waals surface area contributed by atoms with E-state index in [0.717, 1.165) is 50.5 Å². The smallest absolute Gasteiger partial charge is 0.331 e. The summed E-state index contributed by atoms with van der Waals surface area (Å²) in [7, 11) is 0. The van der Waals surface area contributed by atoms with Crippen molar-refractivity contribution in [2.75, 3.05) is 19.8 Å². The highest BCUT2D eigenvalue weighted by atomic mass is 16.6. The molecule has 0 amide bonds. The maximum atomic E-state index is 12.6. The molecule has 4 saturated carbocycles. The lowest BCUT2D eigenvalue weighted by atomic mass is 9.43. The number of esters is 2. The molecular formula is C31H46O9. The Hall–Kier alpha value is -1.52. The standard InChI is InChI=1S/C31H46O9/c1-17(32)40-26-13-31(36)23-5-4-19-11-20(37-15-21-12-24(33)25(34)16-38-21)6-8-29(19,2)22(23)7-9-30(31,3)28(26)18-10-27(35)39-14-18/h10,19-26,28,33-34,36H,4-9,11-16H2,1-3H3. The highest BCUT2D eigenvalue weighted by Crippen LogP contribution is 2.70. The summed E-state index contributed by atoms with van der Waals surface area (Å²) in [4.78, 5) is 24.1. The molecule has 40 heavy (non-hydrogen) atoms. The van der Waals surface area contributed by atoms with Gasteiger partial charge in [-0.1, -0.05) is 13.8 Å². The third-order valence-corrected chi connectivity index (χ3v) is 12.2. The number of hydrogen-bond donors (Lipinski definition) is 3. The Morgan fingerprint density at radius 2 is 1.88 bits per heavy atom. The van der Waals surface area contributed by atoms with Crippen molar-refractivity contribution in [3.63, 3.8) is 0 Å². The SMILES string of the molecule is CC(=O)OC1CC2(O)C3CCC4CC(OCC5CC(O)C(O)CO5)CCC4(C)C3CCC2(C)C1C1=CC(=O)OC1. The van der Waals surface area contributed by atoms with Crippen LogP contribution in [0.4, 0.5) is 0 Å². The van der Waals surface area contributed by atoms with E-state index in [1.54, 1.807) is 6.08 Å². The second-order valence-electron chi connectivity index (χ2n) is 14.1. The van der Waals surface area contributed by atoms with Crippen LogP contribution >= 0.6 is 0 Å². The van der Waals surface area contributed by atoms with Crippen molar-refractivity contribution in [1.82, 2.24) is 0 Å². The lowest BCUT2D eigenvalue weighted by Crippen LogP contribution is -2.62. The number of fused-ring (bicyclic) bond motifs is 5. The minimum absolute atomic E-state index is 0.0994. The summed E-state index contributed by atoms with van der Waals surface area (Å²) in [6.45, 7) is 6.75. The minimum Gasteiger partial charge on any atom is -0.462 e. The molecule has 2 aliphatic heterocycles. The fourth-order valence-electron chi connectivity index (χ4n) is 10.1. The van der Waals surface area contributed by atoms with Crippen LogP contribution in [0.5, 0.6) is 0 Å². The molecule has 9 heteroatoms. The number of aliphatic hydroxyl groups excluding tert-OH is 2. The summed E-state index contributed by atoms with van der Waals surface area (Å²) in [6.07, 6.45) is 6.98. The van der Waals surface area contributed by atoms with Gasteiger partial charge in [0.15, 0.2) is 0 Å². The molecule has 0 spiro atoms. The summed E-state index contributed by atoms with van der Waals surface area (Å²) < 4.78 is 23.1. The average molecular weight is 563 g/mol. The van der Waals surface area contributed by atoms with Gasteiger partial charge in [-0.2, -0.15) is 0 Å². The maximum Gasteiger partial charge on any atom is 0.331 e. The molecule has 0 aromatic carbocycles. The summed E-state index contributed by atoms with van der Waals surface area (Å²) in [5, 5.41) is 32.3. The largest absolute Gasteiger partial charge is 0.462 e. The molecular weight excluding hydrogens is 516 g/mol. The molecule has 0 aromatic rings. The normalized spacial score (nSPS) is 50.3. The summed E-state index contributed by atoms with van der Waals surface area (Å²) in [5.74, 6) is 0.0305. The molecule has 4 aliphatic carbocycles. The predicted octanol–water partition coefficient (Wildman–Crippen LogP) is 2.68. The molecule has 0 radical (unpaired) electrons. The van der Waals surface area contributed by atoms with E-state index in [-0.39, 0.29) is 54.6 Å². The second kappa shape index (κ2) is 10.3. The highest BCUT2D eigenvalue weighted by molar-refractivity contribution is 5.85. The molecule has 6 rings (SSSR count). The van der Waals surface area contributed by atoms with E-state index in [1.165, 1.54) is 6.92 Å². The topological polar surface area (TPSA) is 132 Å². The van der Waals surface area contributed by atoms with Crippen LogP contribution in [0.3, 0.4) is 0 Å². The number of aliphatic hydroxyl groups is 3. The third-order valence-electron chi connectivity index (χ3n) is 12.2. The van der Waals surface area contributed by atoms with Gasteiger partial charge in [0.05, 0.1) is 37.1 Å². The fraction of sp³-hybridized carbons (Fsp3) is 0.871. The molecule has 6 aliphatic rings. The van der Waals surface area contributed by atoms with Gasteiger partial charge in [-0.3, -0.25) is 4.79 Å². The van der Waals surface area contributed by atoms with E-state index < -0.39 is 29.3 Å². The van der Waals surface area contributed by atoms with Gasteiger partial charge in [0.25, 0.3) is 0 Å². The van der Waals surface area contributed by atoms with E-state index in [1.807, 2.05) is 0 Å². The fourth-order valence-corrected chi connectivity index (χ4v) is 10.1. The lowest BCUT2D eigenvalue weighted by molar-refractivity contribution is -0.212. The van der Waals surface area contributed by atoms with Crippen molar-refractivity contribution in [3.05, 3.63) is 11.6 Å². The van der Waals surface area contributed by atoms with Crippen molar-refractivity contribution in [3.8, 4) is 0 Å². The Bertz CT molecular complexity index is 1040. The van der Waals surface area contributed by atoms with Gasteiger partial charge in [-0.25, -0.2) is 4.79 Å². The van der Waals surface area contributed by atoms with Crippen LogP contribution in [-0.2, 0) is 28.5 Å². The molecule has 12 unspecified atom stereocenters. The molecule has 5 fully saturated rings. The van der Waals surface area contributed by atoms with Gasteiger partial charge < -0.3 is 34.3 Å². The Morgan fingerprint density at radius 3 is 2.58 bits per heavy atom. The van der Waals surface area contributed by atoms with Gasteiger partial charge >= 0.3 is 11.9 Å². The van der Waals surface area contributed by atoms with E-state index in [2.05, 4.69) is 13.8 Å². The summed E-state index contributed by atoms with van der Waals surface area (Å²) in [6, 6.07) is 0. The first-order valence-corrected chi connectivity index (χ1v) is 15.3. The molecule has 9 nitrogen and oxygen atoms in total. The van der Waals surface area contributed by atoms with Crippen LogP contribution in [0.2, 0.25) is 0 Å². The molecule has 3 N–H and O–H groups in total. The minimum atomic E-state index is -0.988. The van der Waals surface area contributed by atoms with Crippen LogP contribution in [0.15, 0.2) is 11.6 Å². The summed E-state index contributed by atoms with van der Waals surface area (Å²) >= 11 is 0. The molecule has 0 bridgehead atoms. The molecule has 0 aromatic heterocycles. The van der Waals surface area contributed by atoms with E-state index in [9.17, 15) is 24.9 Å². The predicted molar refractivity (Wildman–Crippen MR) is 143 cm³/mol. The second-order valence-corrected chi connectivity index (χ2v) is 14.1. The monoisotopic (exact) mass is 562 g/mol. The summed E-state index contributed by atoms with van der Waals surface area (Å²) in [5.41, 5.74) is -0.550. The molecule has 224 valence electrons. The van der Waals surface area contributed by atoms with Crippen molar-refractivity contribution in [1.29, 1.82) is 0 Å². The zero-order valence-electron chi connectivity index (χ0n) is 24.0. The van der Waals surface area contributed by atoms with Crippen molar-refractivity contribution < 1.29 is 43.9 Å². The maximum absolute atomic E-state index is 12.6. The number of carbonyl (C=O) groups excluding carboxylic acids is 2. The van der Waals surface area contributed by atoms with Crippen molar-refractivity contribution >= 4 is 11.9 Å². The van der Waals surface area contributed by atoms with Crippen LogP contribution in [0, 0.1) is 34.5 Å². The zero-order valence-corrected chi connectivity index (χ0v) is 24.0. The Labute approximate surface area is 236 Å². The van der Waals surface area contributed by atoms with E-state index >= 15 is 0 Å². The van der Waals surface area contributed by atoms with Crippen molar-refractivity contribution in [2.45, 2.75) is 115 Å². The molecule has 12 atom stereocenters. The third kappa shape index (κ3) is 4.55. The first kappa shape index (κ1) is 28.6. The highest BCUT2D eigenvalue weighted by Gasteiger charge is 2.71. The van der Waals surface area contributed by atoms with Gasteiger partial charge in [0.2, 0.25) is 0 Å². The van der Waals surface area contributed by atoms with Crippen LogP contribution in [-0.4, -0.2) is 83.2 Å². The van der Waals surface area contributed by atoms with Crippen LogP contribution in [0.25, 0.3) is 0 Å². The zero-order chi connectivity index (χ0) is 28.4. The van der Waals surface area contributed by atoms with E-state index in [4.69, 9.17) is 18.9 Å². The van der Waals surface area contributed by atoms with Gasteiger partial charge in [-0.05, 0) is 73.7 Å². The number of hydrogen-bond acceptors (Lipinski definition) is 9. The number of cyclic esters (lactones) is 1. The van der Waals surface area contributed by atoms with Gasteiger partial charge in [0.1, 0.15) is 18.8 Å². The average Bonchev–Trinajstić information content (AvgIpc) is 3.41. The van der Waals surface area contributed by atoms with Gasteiger partial charge in [-0.15, -0.1) is 0 Å². The van der Waals surface area contributed by atoms with E-state index in [0.29, 0.717) is 31.3 Å². The van der Waals surface area contributed by atoms with Crippen LogP contribution in [0.1, 0.15) is 78.6 Å². The lowest BCUT2D eigenvalue weighted by Gasteiger charge is -2.63. The number of carbonyl (C=O) groups is 2. The molecule has 1 saturated heterocycles. The first-order valence-electron chi connectivity index (χ1n) is 15.3. The Balaban J connectivity index is 1.17. The molecule has 2 heterocycles. The number of ether oxygens (including phenoxy) is 4. The van der Waals surface area contributed by atoms with Crippen LogP contribution < -0.4 is 0 Å².